The maximum Gasteiger partial charge on any atom is 0.225 e. The van der Waals surface area contributed by atoms with Crippen LogP contribution < -0.4 is 11.5 Å². The Hall–Kier alpha value is -2.08. The van der Waals surface area contributed by atoms with Crippen molar-refractivity contribution in [1.29, 1.82) is 0 Å². The highest BCUT2D eigenvalue weighted by atomic mass is 32.2. The summed E-state index contributed by atoms with van der Waals surface area (Å²) >= 11 is 1.46. The molecule has 18 heavy (non-hydrogen) atoms. The van der Waals surface area contributed by atoms with Gasteiger partial charge in [-0.15, -0.1) is 0 Å². The zero-order chi connectivity index (χ0) is 12.8. The van der Waals surface area contributed by atoms with Crippen LogP contribution in [0.4, 0.5) is 11.9 Å². The molecule has 1 aromatic carbocycles. The average Bonchev–Trinajstić information content (AvgIpc) is 2.35. The molecule has 0 fully saturated rings. The van der Waals surface area contributed by atoms with E-state index in [4.69, 9.17) is 11.5 Å². The number of aromatic nitrogens is 3. The van der Waals surface area contributed by atoms with Crippen LogP contribution >= 0.6 is 11.8 Å². The Balaban J connectivity index is 1.90. The molecule has 0 unspecified atom stereocenters. The van der Waals surface area contributed by atoms with Crippen molar-refractivity contribution in [3.05, 3.63) is 42.0 Å². The van der Waals surface area contributed by atoms with Crippen molar-refractivity contribution in [2.24, 2.45) is 0 Å². The molecule has 1 heterocycles. The van der Waals surface area contributed by atoms with E-state index in [0.29, 0.717) is 5.16 Å². The molecule has 6 heteroatoms. The van der Waals surface area contributed by atoms with E-state index >= 15 is 0 Å². The van der Waals surface area contributed by atoms with Crippen LogP contribution in [0.5, 0.6) is 0 Å². The third-order valence-corrected chi connectivity index (χ3v) is 2.87. The molecule has 0 atom stereocenters. The predicted octanol–water partition coefficient (Wildman–Crippen LogP) is 1.84. The fraction of sp³-hybridized carbons (Fsp3) is 0.0833. The van der Waals surface area contributed by atoms with Crippen molar-refractivity contribution in [1.82, 2.24) is 15.0 Å². The van der Waals surface area contributed by atoms with Crippen molar-refractivity contribution in [2.45, 2.75) is 5.16 Å². The number of anilines is 2. The molecule has 4 N–H and O–H groups in total. The smallest absolute Gasteiger partial charge is 0.225 e. The van der Waals surface area contributed by atoms with Crippen molar-refractivity contribution < 1.29 is 0 Å². The summed E-state index contributed by atoms with van der Waals surface area (Å²) < 4.78 is 0. The Morgan fingerprint density at radius 2 is 1.67 bits per heavy atom. The van der Waals surface area contributed by atoms with Gasteiger partial charge in [-0.1, -0.05) is 54.2 Å². The van der Waals surface area contributed by atoms with E-state index in [1.165, 1.54) is 11.8 Å². The van der Waals surface area contributed by atoms with Crippen LogP contribution in [0.3, 0.4) is 0 Å². The molecule has 0 spiro atoms. The number of nitrogen functional groups attached to an aromatic ring is 2. The topological polar surface area (TPSA) is 90.7 Å². The molecule has 0 aliphatic heterocycles. The number of thioether (sulfide) groups is 1. The number of hydrogen-bond donors (Lipinski definition) is 2. The highest BCUT2D eigenvalue weighted by Gasteiger charge is 2.00. The van der Waals surface area contributed by atoms with Crippen LogP contribution in [0, 0.1) is 0 Å². The maximum absolute atomic E-state index is 5.48. The Labute approximate surface area is 109 Å². The summed E-state index contributed by atoms with van der Waals surface area (Å²) in [5.41, 5.74) is 12.1. The molecular weight excluding hydrogens is 246 g/mol. The van der Waals surface area contributed by atoms with Crippen LogP contribution in [0.1, 0.15) is 5.56 Å². The second-order valence-electron chi connectivity index (χ2n) is 3.46. The molecule has 5 nitrogen and oxygen atoms in total. The van der Waals surface area contributed by atoms with Crippen LogP contribution in [-0.2, 0) is 0 Å². The molecule has 0 aliphatic rings. The Bertz CT molecular complexity index is 521. The second-order valence-corrected chi connectivity index (χ2v) is 4.45. The standard InChI is InChI=1S/C12H13N5S/c13-10-15-11(14)17-12(16-10)18-8-4-7-9-5-2-1-3-6-9/h1-7H,8H2,(H4,13,14,15,16,17). The first-order valence-electron chi connectivity index (χ1n) is 5.35. The third kappa shape index (κ3) is 3.74. The lowest BCUT2D eigenvalue weighted by Crippen LogP contribution is -2.03. The molecule has 0 aliphatic carbocycles. The van der Waals surface area contributed by atoms with Gasteiger partial charge in [0.2, 0.25) is 11.9 Å². The minimum absolute atomic E-state index is 0.150. The number of rotatable bonds is 4. The average molecular weight is 259 g/mol. The highest BCUT2D eigenvalue weighted by molar-refractivity contribution is 7.99. The summed E-state index contributed by atoms with van der Waals surface area (Å²) in [6, 6.07) is 10.1. The van der Waals surface area contributed by atoms with E-state index in [-0.39, 0.29) is 11.9 Å². The number of nitrogens with zero attached hydrogens (tertiary/aromatic N) is 3. The van der Waals surface area contributed by atoms with Gasteiger partial charge in [0.15, 0.2) is 5.16 Å². The number of hydrogen-bond acceptors (Lipinski definition) is 6. The van der Waals surface area contributed by atoms with Gasteiger partial charge in [-0.3, -0.25) is 0 Å². The van der Waals surface area contributed by atoms with Gasteiger partial charge in [-0.2, -0.15) is 15.0 Å². The monoisotopic (exact) mass is 259 g/mol. The van der Waals surface area contributed by atoms with E-state index in [1.807, 2.05) is 42.5 Å². The summed E-state index contributed by atoms with van der Waals surface area (Å²) in [4.78, 5) is 11.7. The lowest BCUT2D eigenvalue weighted by atomic mass is 10.2. The van der Waals surface area contributed by atoms with Gasteiger partial charge in [-0.25, -0.2) is 0 Å². The zero-order valence-electron chi connectivity index (χ0n) is 9.65. The van der Waals surface area contributed by atoms with Gasteiger partial charge in [0.1, 0.15) is 0 Å². The van der Waals surface area contributed by atoms with E-state index in [2.05, 4.69) is 15.0 Å². The first-order chi connectivity index (χ1) is 8.74. The molecule has 2 aromatic rings. The van der Waals surface area contributed by atoms with Gasteiger partial charge in [0.25, 0.3) is 0 Å². The SMILES string of the molecule is Nc1nc(N)nc(SCC=Cc2ccccc2)n1. The molecule has 1 aromatic heterocycles. The summed E-state index contributed by atoms with van der Waals surface area (Å²) in [7, 11) is 0. The van der Waals surface area contributed by atoms with Crippen LogP contribution in [0.25, 0.3) is 6.08 Å². The summed E-state index contributed by atoms with van der Waals surface area (Å²) in [6.45, 7) is 0. The fourth-order valence-electron chi connectivity index (χ4n) is 1.32. The first-order valence-corrected chi connectivity index (χ1v) is 6.34. The summed E-state index contributed by atoms with van der Waals surface area (Å²) in [6.07, 6.45) is 4.08. The van der Waals surface area contributed by atoms with Crippen molar-refractivity contribution in [3.8, 4) is 0 Å². The van der Waals surface area contributed by atoms with E-state index < -0.39 is 0 Å². The van der Waals surface area contributed by atoms with Crippen LogP contribution in [-0.4, -0.2) is 20.7 Å². The summed E-state index contributed by atoms with van der Waals surface area (Å²) in [5.74, 6) is 1.05. The Morgan fingerprint density at radius 3 is 2.33 bits per heavy atom. The largest absolute Gasteiger partial charge is 0.368 e. The highest BCUT2D eigenvalue weighted by Crippen LogP contribution is 2.14. The van der Waals surface area contributed by atoms with Crippen LogP contribution in [0.2, 0.25) is 0 Å². The normalized spacial score (nSPS) is 10.9. The van der Waals surface area contributed by atoms with Gasteiger partial charge in [0, 0.05) is 5.75 Å². The first kappa shape index (κ1) is 12.4. The van der Waals surface area contributed by atoms with E-state index in [9.17, 15) is 0 Å². The lowest BCUT2D eigenvalue weighted by molar-refractivity contribution is 0.931. The van der Waals surface area contributed by atoms with Crippen molar-refractivity contribution in [3.63, 3.8) is 0 Å². The molecule has 0 bridgehead atoms. The third-order valence-electron chi connectivity index (χ3n) is 2.07. The van der Waals surface area contributed by atoms with Gasteiger partial charge in [0.05, 0.1) is 0 Å². The number of benzene rings is 1. The minimum atomic E-state index is 0.150. The molecular formula is C12H13N5S. The zero-order valence-corrected chi connectivity index (χ0v) is 10.5. The van der Waals surface area contributed by atoms with E-state index in [1.54, 1.807) is 0 Å². The molecule has 0 amide bonds. The second kappa shape index (κ2) is 6.02. The van der Waals surface area contributed by atoms with Crippen molar-refractivity contribution in [2.75, 3.05) is 17.2 Å². The van der Waals surface area contributed by atoms with Gasteiger partial charge < -0.3 is 11.5 Å². The molecule has 0 radical (unpaired) electrons. The van der Waals surface area contributed by atoms with Gasteiger partial charge in [-0.05, 0) is 5.56 Å². The minimum Gasteiger partial charge on any atom is -0.368 e. The lowest BCUT2D eigenvalue weighted by Gasteiger charge is -1.99. The molecule has 2 rings (SSSR count). The molecule has 92 valence electrons. The number of nitrogens with two attached hydrogens (primary N) is 2. The summed E-state index contributed by atoms with van der Waals surface area (Å²) in [5, 5.41) is 0.540. The maximum atomic E-state index is 5.48. The quantitative estimate of drug-likeness (QED) is 0.814. The molecule has 0 saturated heterocycles. The molecule has 0 saturated carbocycles. The van der Waals surface area contributed by atoms with Gasteiger partial charge >= 0.3 is 0 Å². The Morgan fingerprint density at radius 1 is 1.00 bits per heavy atom. The predicted molar refractivity (Wildman–Crippen MR) is 74.9 cm³/mol. The van der Waals surface area contributed by atoms with Crippen LogP contribution in [0.15, 0.2) is 41.6 Å². The Kier molecular flexibility index (Phi) is 4.14. The van der Waals surface area contributed by atoms with Crippen molar-refractivity contribution >= 4 is 29.7 Å². The fourth-order valence-corrected chi connectivity index (χ4v) is 1.98. The van der Waals surface area contributed by atoms with E-state index in [0.717, 1.165) is 11.3 Å².